The summed E-state index contributed by atoms with van der Waals surface area (Å²) in [5.41, 5.74) is 1.08. The van der Waals surface area contributed by atoms with Crippen LogP contribution in [0, 0.1) is 0 Å². The molecule has 0 bridgehead atoms. The minimum Gasteiger partial charge on any atom is -0.493 e. The molecule has 0 saturated carbocycles. The van der Waals surface area contributed by atoms with E-state index in [-0.39, 0.29) is 0 Å². The van der Waals surface area contributed by atoms with Gasteiger partial charge in [0.05, 0.1) is 21.3 Å². The van der Waals surface area contributed by atoms with Crippen LogP contribution in [-0.2, 0) is 17.3 Å². The van der Waals surface area contributed by atoms with Gasteiger partial charge in [0.15, 0.2) is 11.5 Å². The highest BCUT2D eigenvalue weighted by molar-refractivity contribution is 7.85. The lowest BCUT2D eigenvalue weighted by Crippen LogP contribution is -2.35. The van der Waals surface area contributed by atoms with Crippen molar-refractivity contribution in [3.63, 3.8) is 0 Å². The van der Waals surface area contributed by atoms with Gasteiger partial charge in [-0.3, -0.25) is 4.21 Å². The van der Waals surface area contributed by atoms with E-state index in [1.54, 1.807) is 21.3 Å². The number of rotatable bonds is 6. The molecule has 0 aromatic heterocycles. The van der Waals surface area contributed by atoms with E-state index in [4.69, 9.17) is 14.2 Å². The molecule has 5 nitrogen and oxygen atoms in total. The maximum Gasteiger partial charge on any atom is 0.203 e. The smallest absolute Gasteiger partial charge is 0.203 e. The van der Waals surface area contributed by atoms with E-state index in [9.17, 15) is 4.21 Å². The summed E-state index contributed by atoms with van der Waals surface area (Å²) < 4.78 is 27.4. The van der Waals surface area contributed by atoms with E-state index in [2.05, 4.69) is 5.32 Å². The molecule has 0 spiro atoms. The van der Waals surface area contributed by atoms with Crippen molar-refractivity contribution in [1.82, 2.24) is 5.32 Å². The molecule has 1 fully saturated rings. The molecule has 1 N–H and O–H groups in total. The van der Waals surface area contributed by atoms with Crippen LogP contribution in [0.4, 0.5) is 0 Å². The van der Waals surface area contributed by atoms with Crippen LogP contribution in [0.5, 0.6) is 17.2 Å². The van der Waals surface area contributed by atoms with Crippen molar-refractivity contribution >= 4 is 10.8 Å². The fourth-order valence-electron chi connectivity index (χ4n) is 2.50. The Hall–Kier alpha value is -1.27. The lowest BCUT2D eigenvalue weighted by molar-refractivity contribution is 0.323. The average molecular weight is 313 g/mol. The number of hydrogen-bond acceptors (Lipinski definition) is 5. The van der Waals surface area contributed by atoms with Gasteiger partial charge in [0.1, 0.15) is 0 Å². The fraction of sp³-hybridized carbons (Fsp3) is 0.600. The Labute approximate surface area is 128 Å². The first-order valence-electron chi connectivity index (χ1n) is 7.05. The molecular weight excluding hydrogens is 290 g/mol. The Morgan fingerprint density at radius 3 is 2.14 bits per heavy atom. The fourth-order valence-corrected chi connectivity index (χ4v) is 3.80. The van der Waals surface area contributed by atoms with Crippen molar-refractivity contribution in [1.29, 1.82) is 0 Å². The van der Waals surface area contributed by atoms with Gasteiger partial charge in [-0.1, -0.05) is 0 Å². The molecule has 0 atom stereocenters. The maximum atomic E-state index is 11.4. The molecule has 0 unspecified atom stereocenters. The van der Waals surface area contributed by atoms with E-state index in [0.717, 1.165) is 36.5 Å². The van der Waals surface area contributed by atoms with Crippen molar-refractivity contribution < 1.29 is 18.4 Å². The van der Waals surface area contributed by atoms with Crippen molar-refractivity contribution in [2.75, 3.05) is 32.8 Å². The summed E-state index contributed by atoms with van der Waals surface area (Å²) in [6.45, 7) is 0.730. The van der Waals surface area contributed by atoms with Crippen molar-refractivity contribution in [3.8, 4) is 17.2 Å². The van der Waals surface area contributed by atoms with Crippen LogP contribution in [-0.4, -0.2) is 43.1 Å². The Morgan fingerprint density at radius 1 is 1.10 bits per heavy atom. The van der Waals surface area contributed by atoms with Gasteiger partial charge >= 0.3 is 0 Å². The Balaban J connectivity index is 2.04. The third-order valence-corrected chi connectivity index (χ3v) is 5.09. The zero-order valence-corrected chi connectivity index (χ0v) is 13.6. The molecule has 6 heteroatoms. The second-order valence-electron chi connectivity index (χ2n) is 5.04. The van der Waals surface area contributed by atoms with Crippen molar-refractivity contribution in [2.24, 2.45) is 0 Å². The van der Waals surface area contributed by atoms with Crippen molar-refractivity contribution in [3.05, 3.63) is 17.7 Å². The first kappa shape index (κ1) is 16.1. The quantitative estimate of drug-likeness (QED) is 0.866. The minimum absolute atomic E-state index is 0.432. The lowest BCUT2D eigenvalue weighted by Gasteiger charge is -2.23. The molecular formula is C15H23NO4S. The van der Waals surface area contributed by atoms with E-state index < -0.39 is 10.8 Å². The summed E-state index contributed by atoms with van der Waals surface area (Å²) in [5.74, 6) is 3.54. The Kier molecular flexibility index (Phi) is 5.87. The second kappa shape index (κ2) is 7.66. The molecule has 0 radical (unpaired) electrons. The van der Waals surface area contributed by atoms with Crippen LogP contribution < -0.4 is 19.5 Å². The monoisotopic (exact) mass is 313 g/mol. The molecule has 1 aromatic rings. The average Bonchev–Trinajstić information content (AvgIpc) is 2.53. The first-order valence-corrected chi connectivity index (χ1v) is 8.54. The SMILES string of the molecule is COc1cc(CNC2CCS(=O)CC2)cc(OC)c1OC. The van der Waals surface area contributed by atoms with E-state index in [1.165, 1.54) is 0 Å². The standard InChI is InChI=1S/C15H23NO4S/c1-18-13-8-11(9-14(19-2)15(13)20-3)10-16-12-4-6-21(17)7-5-12/h8-9,12,16H,4-7,10H2,1-3H3. The number of ether oxygens (including phenoxy) is 3. The summed E-state index contributed by atoms with van der Waals surface area (Å²) >= 11 is 0. The normalized spacial score (nSPS) is 21.9. The molecule has 1 aliphatic rings. The van der Waals surface area contributed by atoms with E-state index >= 15 is 0 Å². The van der Waals surface area contributed by atoms with Gasteiger partial charge in [0.2, 0.25) is 5.75 Å². The highest BCUT2D eigenvalue weighted by atomic mass is 32.2. The highest BCUT2D eigenvalue weighted by Crippen LogP contribution is 2.38. The van der Waals surface area contributed by atoms with Crippen LogP contribution in [0.25, 0.3) is 0 Å². The van der Waals surface area contributed by atoms with Gasteiger partial charge in [-0.15, -0.1) is 0 Å². The predicted octanol–water partition coefficient (Wildman–Crippen LogP) is 1.71. The molecule has 1 aromatic carbocycles. The predicted molar refractivity (Wildman–Crippen MR) is 83.8 cm³/mol. The first-order chi connectivity index (χ1) is 10.2. The summed E-state index contributed by atoms with van der Waals surface area (Å²) in [5, 5.41) is 3.51. The van der Waals surface area contributed by atoms with E-state index in [1.807, 2.05) is 12.1 Å². The lowest BCUT2D eigenvalue weighted by atomic mass is 10.1. The highest BCUT2D eigenvalue weighted by Gasteiger charge is 2.18. The van der Waals surface area contributed by atoms with Crippen LogP contribution in [0.15, 0.2) is 12.1 Å². The summed E-state index contributed by atoms with van der Waals surface area (Å²) in [6.07, 6.45) is 1.94. The Bertz CT molecular complexity index is 471. The molecule has 1 aliphatic heterocycles. The van der Waals surface area contributed by atoms with Gasteiger partial charge in [-0.2, -0.15) is 0 Å². The van der Waals surface area contributed by atoms with Gasteiger partial charge < -0.3 is 19.5 Å². The maximum absolute atomic E-state index is 11.4. The molecule has 2 rings (SSSR count). The van der Waals surface area contributed by atoms with Crippen molar-refractivity contribution in [2.45, 2.75) is 25.4 Å². The number of nitrogens with one attached hydrogen (secondary N) is 1. The molecule has 21 heavy (non-hydrogen) atoms. The van der Waals surface area contributed by atoms with Gasteiger partial charge in [-0.25, -0.2) is 0 Å². The molecule has 0 amide bonds. The third-order valence-electron chi connectivity index (χ3n) is 3.71. The van der Waals surface area contributed by atoms with Crippen LogP contribution in [0.3, 0.4) is 0 Å². The summed E-state index contributed by atoms with van der Waals surface area (Å²) in [4.78, 5) is 0. The second-order valence-corrected chi connectivity index (χ2v) is 6.73. The van der Waals surface area contributed by atoms with Crippen LogP contribution in [0.1, 0.15) is 18.4 Å². The topological polar surface area (TPSA) is 56.8 Å². The molecule has 1 heterocycles. The van der Waals surface area contributed by atoms with Crippen LogP contribution >= 0.6 is 0 Å². The zero-order chi connectivity index (χ0) is 15.2. The zero-order valence-electron chi connectivity index (χ0n) is 12.8. The summed E-state index contributed by atoms with van der Waals surface area (Å²) in [7, 11) is 4.21. The Morgan fingerprint density at radius 2 is 1.67 bits per heavy atom. The molecule has 1 saturated heterocycles. The number of benzene rings is 1. The van der Waals surface area contributed by atoms with Gasteiger partial charge in [-0.05, 0) is 30.5 Å². The molecule has 0 aliphatic carbocycles. The van der Waals surface area contributed by atoms with Gasteiger partial charge in [0, 0.05) is 34.9 Å². The third kappa shape index (κ3) is 4.11. The number of hydrogen-bond donors (Lipinski definition) is 1. The molecule has 118 valence electrons. The van der Waals surface area contributed by atoms with E-state index in [0.29, 0.717) is 23.3 Å². The van der Waals surface area contributed by atoms with Crippen LogP contribution in [0.2, 0.25) is 0 Å². The number of methoxy groups -OCH3 is 3. The largest absolute Gasteiger partial charge is 0.493 e. The summed E-state index contributed by atoms with van der Waals surface area (Å²) in [6, 6.07) is 4.34. The minimum atomic E-state index is -0.620. The van der Waals surface area contributed by atoms with Gasteiger partial charge in [0.25, 0.3) is 0 Å².